The van der Waals surface area contributed by atoms with Gasteiger partial charge in [-0.1, -0.05) is 0 Å². The van der Waals surface area contributed by atoms with Crippen molar-refractivity contribution in [3.8, 4) is 0 Å². The van der Waals surface area contributed by atoms with Crippen molar-refractivity contribution in [2.24, 2.45) is 0 Å². The van der Waals surface area contributed by atoms with Crippen molar-refractivity contribution >= 4 is 40.1 Å². The molecule has 3 aromatic rings. The van der Waals surface area contributed by atoms with Crippen LogP contribution in [0.25, 0.3) is 11.0 Å². The molecule has 7 heteroatoms. The Morgan fingerprint density at radius 2 is 2.00 bits per heavy atom. The number of H-pyrrole nitrogens is 1. The number of nitrogens with one attached hydrogen (secondary N) is 3. The Morgan fingerprint density at radius 1 is 1.15 bits per heavy atom. The predicted molar refractivity (Wildman–Crippen MR) is 104 cm³/mol. The Labute approximate surface area is 151 Å². The second-order valence-corrected chi connectivity index (χ2v) is 6.33. The molecule has 0 fully saturated rings. The van der Waals surface area contributed by atoms with Crippen LogP contribution in [0.1, 0.15) is 25.8 Å². The Bertz CT molecular complexity index is 960. The van der Waals surface area contributed by atoms with Gasteiger partial charge in [0, 0.05) is 37.1 Å². The third kappa shape index (κ3) is 2.96. The molecule has 0 aliphatic carbocycles. The monoisotopic (exact) mass is 350 g/mol. The van der Waals surface area contributed by atoms with E-state index in [2.05, 4.69) is 39.3 Å². The first-order valence-corrected chi connectivity index (χ1v) is 8.97. The molecule has 0 radical (unpaired) electrons. The fourth-order valence-corrected chi connectivity index (χ4v) is 3.34. The molecule has 134 valence electrons. The smallest absolute Gasteiger partial charge is 0.231 e. The summed E-state index contributed by atoms with van der Waals surface area (Å²) in [5, 5.41) is 7.23. The van der Waals surface area contributed by atoms with Crippen LogP contribution in [0, 0.1) is 0 Å². The van der Waals surface area contributed by atoms with Gasteiger partial charge in [0.15, 0.2) is 0 Å². The lowest BCUT2D eigenvalue weighted by atomic mass is 10.0. The fraction of sp³-hybridized carbons (Fsp3) is 0.316. The van der Waals surface area contributed by atoms with Crippen molar-refractivity contribution in [1.29, 1.82) is 0 Å². The maximum absolute atomic E-state index is 11.5. The van der Waals surface area contributed by atoms with E-state index in [1.807, 2.05) is 30.5 Å². The Morgan fingerprint density at radius 3 is 2.81 bits per heavy atom. The van der Waals surface area contributed by atoms with Crippen LogP contribution < -0.4 is 15.5 Å². The zero-order chi connectivity index (χ0) is 18.1. The molecule has 0 saturated heterocycles. The summed E-state index contributed by atoms with van der Waals surface area (Å²) in [5.74, 6) is 1.55. The number of carbonyl (C=O) groups excluding carboxylic acids is 1. The second kappa shape index (κ2) is 6.67. The van der Waals surface area contributed by atoms with Gasteiger partial charge >= 0.3 is 0 Å². The van der Waals surface area contributed by atoms with Gasteiger partial charge in [-0.3, -0.25) is 4.79 Å². The lowest BCUT2D eigenvalue weighted by Crippen LogP contribution is -2.23. The molecule has 0 saturated carbocycles. The van der Waals surface area contributed by atoms with Gasteiger partial charge in [0.25, 0.3) is 0 Å². The van der Waals surface area contributed by atoms with Gasteiger partial charge in [-0.05, 0) is 50.1 Å². The molecule has 0 bridgehead atoms. The van der Waals surface area contributed by atoms with Gasteiger partial charge < -0.3 is 20.5 Å². The summed E-state index contributed by atoms with van der Waals surface area (Å²) in [7, 11) is 0. The van der Waals surface area contributed by atoms with Crippen molar-refractivity contribution in [2.45, 2.75) is 26.7 Å². The molecule has 1 aliphatic heterocycles. The van der Waals surface area contributed by atoms with Crippen LogP contribution in [-0.4, -0.2) is 33.9 Å². The molecule has 1 aromatic carbocycles. The average molecular weight is 350 g/mol. The highest BCUT2D eigenvalue weighted by Crippen LogP contribution is 2.29. The van der Waals surface area contributed by atoms with Crippen LogP contribution in [-0.2, 0) is 11.2 Å². The number of rotatable bonds is 5. The number of anilines is 4. The van der Waals surface area contributed by atoms with Crippen LogP contribution in [0.4, 0.5) is 23.1 Å². The van der Waals surface area contributed by atoms with Gasteiger partial charge in [-0.15, -0.1) is 0 Å². The van der Waals surface area contributed by atoms with Crippen LogP contribution in [0.5, 0.6) is 0 Å². The van der Waals surface area contributed by atoms with Crippen molar-refractivity contribution < 1.29 is 4.79 Å². The first-order chi connectivity index (χ1) is 12.7. The van der Waals surface area contributed by atoms with Crippen LogP contribution in [0.3, 0.4) is 0 Å². The topological polar surface area (TPSA) is 85.9 Å². The Hall–Kier alpha value is -3.09. The largest absolute Gasteiger partial charge is 0.356 e. The number of hydrogen-bond donors (Lipinski definition) is 3. The van der Waals surface area contributed by atoms with Crippen LogP contribution in [0.15, 0.2) is 30.5 Å². The van der Waals surface area contributed by atoms with E-state index >= 15 is 0 Å². The summed E-state index contributed by atoms with van der Waals surface area (Å²) in [6.45, 7) is 6.00. The summed E-state index contributed by atoms with van der Waals surface area (Å²) in [6.07, 6.45) is 3.16. The normalized spacial score (nSPS) is 13.4. The molecule has 0 atom stereocenters. The molecule has 0 spiro atoms. The summed E-state index contributed by atoms with van der Waals surface area (Å²) in [4.78, 5) is 26.2. The molecule has 7 nitrogen and oxygen atoms in total. The van der Waals surface area contributed by atoms with E-state index in [0.29, 0.717) is 12.4 Å². The highest BCUT2D eigenvalue weighted by atomic mass is 16.1. The molecule has 3 N–H and O–H groups in total. The standard InChI is InChI=1S/C19H22N6O/c1-3-25(4-2)18-14-9-10-20-17(14)23-19(24-18)21-13-6-7-15-12(11-13)5-8-16(26)22-15/h6-7,9-11H,3-5,8H2,1-2H3,(H,22,26)(H2,20,21,23,24). The van der Waals surface area contributed by atoms with Crippen molar-refractivity contribution in [3.63, 3.8) is 0 Å². The maximum atomic E-state index is 11.5. The minimum atomic E-state index is 0.0719. The highest BCUT2D eigenvalue weighted by molar-refractivity contribution is 5.94. The van der Waals surface area contributed by atoms with E-state index in [1.165, 1.54) is 0 Å². The number of amides is 1. The summed E-state index contributed by atoms with van der Waals surface area (Å²) in [6, 6.07) is 7.92. The van der Waals surface area contributed by atoms with Crippen molar-refractivity contribution in [1.82, 2.24) is 15.0 Å². The van der Waals surface area contributed by atoms with Crippen molar-refractivity contribution in [3.05, 3.63) is 36.0 Å². The highest BCUT2D eigenvalue weighted by Gasteiger charge is 2.16. The minimum absolute atomic E-state index is 0.0719. The van der Waals surface area contributed by atoms with E-state index in [-0.39, 0.29) is 5.91 Å². The van der Waals surface area contributed by atoms with E-state index in [4.69, 9.17) is 4.98 Å². The van der Waals surface area contributed by atoms with Crippen LogP contribution in [0.2, 0.25) is 0 Å². The molecule has 1 aliphatic rings. The first kappa shape index (κ1) is 16.4. The maximum Gasteiger partial charge on any atom is 0.231 e. The van der Waals surface area contributed by atoms with E-state index in [9.17, 15) is 4.79 Å². The number of aryl methyl sites for hydroxylation is 1. The third-order valence-electron chi connectivity index (χ3n) is 4.72. The first-order valence-electron chi connectivity index (χ1n) is 8.97. The molecular formula is C19H22N6O. The number of nitrogens with zero attached hydrogens (tertiary/aromatic N) is 3. The van der Waals surface area contributed by atoms with E-state index in [0.717, 1.165) is 53.3 Å². The predicted octanol–water partition coefficient (Wildman–Crippen LogP) is 3.43. The molecule has 4 rings (SSSR count). The second-order valence-electron chi connectivity index (χ2n) is 6.33. The number of hydrogen-bond acceptors (Lipinski definition) is 5. The molecule has 26 heavy (non-hydrogen) atoms. The number of benzene rings is 1. The van der Waals surface area contributed by atoms with E-state index < -0.39 is 0 Å². The summed E-state index contributed by atoms with van der Waals surface area (Å²) < 4.78 is 0. The van der Waals surface area contributed by atoms with Gasteiger partial charge in [0.2, 0.25) is 11.9 Å². The summed E-state index contributed by atoms with van der Waals surface area (Å²) >= 11 is 0. The Kier molecular flexibility index (Phi) is 4.20. The molecule has 1 amide bonds. The van der Waals surface area contributed by atoms with Gasteiger partial charge in [-0.2, -0.15) is 9.97 Å². The molecule has 0 unspecified atom stereocenters. The average Bonchev–Trinajstić information content (AvgIpc) is 3.11. The zero-order valence-corrected chi connectivity index (χ0v) is 15.0. The summed E-state index contributed by atoms with van der Waals surface area (Å²) in [5.41, 5.74) is 3.74. The Balaban J connectivity index is 1.68. The number of aromatic nitrogens is 3. The zero-order valence-electron chi connectivity index (χ0n) is 15.0. The van der Waals surface area contributed by atoms with Gasteiger partial charge in [0.05, 0.1) is 5.39 Å². The van der Waals surface area contributed by atoms with Gasteiger partial charge in [-0.25, -0.2) is 0 Å². The lowest BCUT2D eigenvalue weighted by molar-refractivity contribution is -0.116. The minimum Gasteiger partial charge on any atom is -0.356 e. The quantitative estimate of drug-likeness (QED) is 0.656. The fourth-order valence-electron chi connectivity index (χ4n) is 3.34. The van der Waals surface area contributed by atoms with Crippen LogP contribution >= 0.6 is 0 Å². The number of fused-ring (bicyclic) bond motifs is 2. The van der Waals surface area contributed by atoms with Crippen molar-refractivity contribution in [2.75, 3.05) is 28.6 Å². The molecular weight excluding hydrogens is 328 g/mol. The lowest BCUT2D eigenvalue weighted by Gasteiger charge is -2.21. The third-order valence-corrected chi connectivity index (χ3v) is 4.72. The molecule has 2 aromatic heterocycles. The SMILES string of the molecule is CCN(CC)c1nc(Nc2ccc3c(c2)CCC(=O)N3)nc2[nH]ccc12. The van der Waals surface area contributed by atoms with E-state index in [1.54, 1.807) is 0 Å². The van der Waals surface area contributed by atoms with Gasteiger partial charge in [0.1, 0.15) is 11.5 Å². The number of aromatic amines is 1. The molecule has 3 heterocycles. The number of carbonyl (C=O) groups is 1.